The molecule has 0 bridgehead atoms. The summed E-state index contributed by atoms with van der Waals surface area (Å²) in [4.78, 5) is 13.3. The maximum Gasteiger partial charge on any atom is 0.229 e. The molecule has 0 spiro atoms. The van der Waals surface area contributed by atoms with Crippen molar-refractivity contribution < 1.29 is 12.8 Å². The lowest BCUT2D eigenvalue weighted by molar-refractivity contribution is 0.271. The molecule has 2 heterocycles. The van der Waals surface area contributed by atoms with E-state index >= 15 is 0 Å². The van der Waals surface area contributed by atoms with E-state index in [1.165, 1.54) is 5.69 Å². The van der Waals surface area contributed by atoms with E-state index in [-0.39, 0.29) is 23.6 Å². The van der Waals surface area contributed by atoms with Crippen LogP contribution in [0.3, 0.4) is 0 Å². The summed E-state index contributed by atoms with van der Waals surface area (Å²) in [5.74, 6) is -0.245. The average Bonchev–Trinajstić information content (AvgIpc) is 3.77. The minimum atomic E-state index is -3.24. The van der Waals surface area contributed by atoms with Crippen molar-refractivity contribution >= 4 is 38.9 Å². The zero-order chi connectivity index (χ0) is 26.7. The third-order valence-electron chi connectivity index (χ3n) is 7.01. The van der Waals surface area contributed by atoms with E-state index in [9.17, 15) is 12.8 Å². The minimum absolute atomic E-state index is 0.0480. The first-order valence-electron chi connectivity index (χ1n) is 13.0. The molecule has 0 amide bonds. The largest absolute Gasteiger partial charge is 0.369 e. The van der Waals surface area contributed by atoms with E-state index in [1.54, 1.807) is 24.3 Å². The Morgan fingerprint density at radius 1 is 1.00 bits per heavy atom. The van der Waals surface area contributed by atoms with Gasteiger partial charge in [0.05, 0.1) is 11.4 Å². The van der Waals surface area contributed by atoms with Crippen molar-refractivity contribution in [3.05, 3.63) is 65.6 Å². The Morgan fingerprint density at radius 3 is 2.37 bits per heavy atom. The topological polar surface area (TPSA) is 102 Å². The second-order valence-corrected chi connectivity index (χ2v) is 11.9. The molecule has 1 saturated carbocycles. The van der Waals surface area contributed by atoms with Gasteiger partial charge >= 0.3 is 0 Å². The van der Waals surface area contributed by atoms with Gasteiger partial charge in [-0.15, -0.1) is 0 Å². The van der Waals surface area contributed by atoms with Gasteiger partial charge < -0.3 is 20.4 Å². The maximum atomic E-state index is 14.5. The molecule has 38 heavy (non-hydrogen) atoms. The Bertz CT molecular complexity index is 1370. The molecular weight excluding hydrogens is 505 g/mol. The van der Waals surface area contributed by atoms with Crippen LogP contribution in [0.5, 0.6) is 0 Å². The number of benzene rings is 2. The van der Waals surface area contributed by atoms with Crippen LogP contribution in [0.1, 0.15) is 30.9 Å². The lowest BCUT2D eigenvalue weighted by Gasteiger charge is -2.36. The third kappa shape index (κ3) is 6.40. The number of nitrogens with zero attached hydrogens (tertiary/aromatic N) is 4. The van der Waals surface area contributed by atoms with Gasteiger partial charge in [0, 0.05) is 49.8 Å². The lowest BCUT2D eigenvalue weighted by atomic mass is 10.1. The van der Waals surface area contributed by atoms with Crippen molar-refractivity contribution in [1.82, 2.24) is 19.6 Å². The molecule has 0 atom stereocenters. The van der Waals surface area contributed by atoms with E-state index in [0.717, 1.165) is 68.6 Å². The Labute approximate surface area is 223 Å². The molecule has 5 rings (SSSR count). The van der Waals surface area contributed by atoms with Crippen molar-refractivity contribution in [1.29, 1.82) is 0 Å². The fourth-order valence-corrected chi connectivity index (χ4v) is 5.92. The van der Waals surface area contributed by atoms with Crippen LogP contribution in [-0.4, -0.2) is 61.3 Å². The summed E-state index contributed by atoms with van der Waals surface area (Å²) in [7, 11) is -3.24. The van der Waals surface area contributed by atoms with Crippen molar-refractivity contribution in [3.63, 3.8) is 0 Å². The number of piperazine rings is 1. The number of rotatable bonds is 10. The van der Waals surface area contributed by atoms with Crippen molar-refractivity contribution in [2.24, 2.45) is 0 Å². The van der Waals surface area contributed by atoms with Gasteiger partial charge in [0.2, 0.25) is 16.0 Å². The smallest absolute Gasteiger partial charge is 0.229 e. The Morgan fingerprint density at radius 2 is 1.71 bits per heavy atom. The van der Waals surface area contributed by atoms with Gasteiger partial charge in [-0.05, 0) is 67.8 Å². The minimum Gasteiger partial charge on any atom is -0.369 e. The number of hydrogen-bond donors (Lipinski definition) is 3. The van der Waals surface area contributed by atoms with Crippen LogP contribution in [0, 0.1) is 12.7 Å². The predicted octanol–water partition coefficient (Wildman–Crippen LogP) is 4.14. The molecule has 0 unspecified atom stereocenters. The highest BCUT2D eigenvalue weighted by molar-refractivity contribution is 7.90. The molecule has 2 fully saturated rings. The molecule has 3 aromatic rings. The molecule has 2 aliphatic rings. The van der Waals surface area contributed by atoms with Gasteiger partial charge in [-0.25, -0.2) is 22.5 Å². The molecular formula is C27H34FN7O2S. The molecule has 11 heteroatoms. The van der Waals surface area contributed by atoms with Crippen LogP contribution >= 0.6 is 0 Å². The van der Waals surface area contributed by atoms with Gasteiger partial charge in [0.15, 0.2) is 11.6 Å². The van der Waals surface area contributed by atoms with Gasteiger partial charge in [0.1, 0.15) is 0 Å². The third-order valence-corrected chi connectivity index (χ3v) is 8.91. The summed E-state index contributed by atoms with van der Waals surface area (Å²) in [5.41, 5.74) is 4.65. The second-order valence-electron chi connectivity index (χ2n) is 9.83. The molecule has 1 aromatic heterocycles. The summed E-state index contributed by atoms with van der Waals surface area (Å²) in [6.07, 6.45) is 2.58. The summed E-state index contributed by atoms with van der Waals surface area (Å²) in [6.45, 7) is 9.74. The first-order chi connectivity index (χ1) is 18.3. The quantitative estimate of drug-likeness (QED) is 0.354. The zero-order valence-electron chi connectivity index (χ0n) is 21.7. The Balaban J connectivity index is 1.21. The van der Waals surface area contributed by atoms with Crippen LogP contribution in [0.4, 0.5) is 33.2 Å². The Kier molecular flexibility index (Phi) is 7.78. The molecule has 2 aromatic carbocycles. The zero-order valence-corrected chi connectivity index (χ0v) is 22.6. The van der Waals surface area contributed by atoms with E-state index in [2.05, 4.69) is 61.1 Å². The van der Waals surface area contributed by atoms with E-state index in [4.69, 9.17) is 0 Å². The van der Waals surface area contributed by atoms with Crippen molar-refractivity contribution in [3.8, 4) is 0 Å². The lowest BCUT2D eigenvalue weighted by Crippen LogP contribution is -2.46. The number of anilines is 5. The molecule has 9 nitrogen and oxygen atoms in total. The molecule has 0 radical (unpaired) electrons. The van der Waals surface area contributed by atoms with Gasteiger partial charge in [-0.2, -0.15) is 4.98 Å². The summed E-state index contributed by atoms with van der Waals surface area (Å²) in [5, 5.41) is 5.91. The average molecular weight is 540 g/mol. The number of aryl methyl sites for hydroxylation is 1. The standard InChI is InChI=1S/C27H34FN7O2S/c1-3-34-12-14-35(15-13-34)25-11-8-22(16-19(25)2)32-27-29-18-24(28)26(33-27)31-21-6-4-20(5-7-21)17-30-38(36,37)23-9-10-23/h4-8,11,16,18,23,30H,3,9-10,12-15,17H2,1-2H3,(H2,29,31,32,33). The number of nitrogens with one attached hydrogen (secondary N) is 3. The SMILES string of the molecule is CCN1CCN(c2ccc(Nc3ncc(F)c(Nc4ccc(CNS(=O)(=O)C5CC5)cc4)n3)cc2C)CC1. The highest BCUT2D eigenvalue weighted by atomic mass is 32.2. The van der Waals surface area contributed by atoms with Crippen LogP contribution in [0.15, 0.2) is 48.7 Å². The fraction of sp³-hybridized carbons (Fsp3) is 0.407. The van der Waals surface area contributed by atoms with Crippen molar-refractivity contribution in [2.45, 2.75) is 38.5 Å². The van der Waals surface area contributed by atoms with Crippen molar-refractivity contribution in [2.75, 3.05) is 48.3 Å². The first kappa shape index (κ1) is 26.3. The Hall–Kier alpha value is -3.28. The normalized spacial score (nSPS) is 16.4. The van der Waals surface area contributed by atoms with Crippen LogP contribution < -0.4 is 20.3 Å². The summed E-state index contributed by atoms with van der Waals surface area (Å²) < 4.78 is 41.1. The highest BCUT2D eigenvalue weighted by Crippen LogP contribution is 2.28. The highest BCUT2D eigenvalue weighted by Gasteiger charge is 2.35. The monoisotopic (exact) mass is 539 g/mol. The number of hydrogen-bond acceptors (Lipinski definition) is 8. The molecule has 1 aliphatic carbocycles. The molecule has 1 aliphatic heterocycles. The first-order valence-corrected chi connectivity index (χ1v) is 14.6. The summed E-state index contributed by atoms with van der Waals surface area (Å²) in [6, 6.07) is 13.3. The van der Waals surface area contributed by atoms with E-state index < -0.39 is 15.8 Å². The number of likely N-dealkylation sites (N-methyl/N-ethyl adjacent to an activating group) is 1. The van der Waals surface area contributed by atoms with E-state index in [1.807, 2.05) is 6.07 Å². The van der Waals surface area contributed by atoms with Crippen LogP contribution in [-0.2, 0) is 16.6 Å². The van der Waals surface area contributed by atoms with Gasteiger partial charge in [-0.1, -0.05) is 19.1 Å². The second kappa shape index (κ2) is 11.2. The maximum absolute atomic E-state index is 14.5. The molecule has 3 N–H and O–H groups in total. The van der Waals surface area contributed by atoms with Gasteiger partial charge in [-0.3, -0.25) is 0 Å². The fourth-order valence-electron chi connectivity index (χ4n) is 4.56. The van der Waals surface area contributed by atoms with Crippen LogP contribution in [0.2, 0.25) is 0 Å². The number of aromatic nitrogens is 2. The molecule has 1 saturated heterocycles. The van der Waals surface area contributed by atoms with Crippen LogP contribution in [0.25, 0.3) is 0 Å². The van der Waals surface area contributed by atoms with Gasteiger partial charge in [0.25, 0.3) is 0 Å². The van der Waals surface area contributed by atoms with E-state index in [0.29, 0.717) is 5.69 Å². The predicted molar refractivity (Wildman–Crippen MR) is 149 cm³/mol. The molecule has 202 valence electrons. The number of halogens is 1. The summed E-state index contributed by atoms with van der Waals surface area (Å²) >= 11 is 0. The number of sulfonamides is 1.